The molecule has 0 aromatic rings. The van der Waals surface area contributed by atoms with Crippen LogP contribution in [0.25, 0.3) is 0 Å². The van der Waals surface area contributed by atoms with Gasteiger partial charge in [0, 0.05) is 18.1 Å². The molecule has 3 N–H and O–H groups in total. The first kappa shape index (κ1) is 23.0. The number of piperidine rings is 1. The lowest BCUT2D eigenvalue weighted by atomic mass is 9.78. The average Bonchev–Trinajstić information content (AvgIpc) is 3.17. The van der Waals surface area contributed by atoms with Crippen LogP contribution in [0.4, 0.5) is 0 Å². The van der Waals surface area contributed by atoms with Crippen molar-refractivity contribution in [3.63, 3.8) is 0 Å². The third-order valence-corrected chi connectivity index (χ3v) is 8.08. The van der Waals surface area contributed by atoms with Gasteiger partial charge in [0.1, 0.15) is 0 Å². The van der Waals surface area contributed by atoms with Gasteiger partial charge in [-0.25, -0.2) is 0 Å². The van der Waals surface area contributed by atoms with Crippen molar-refractivity contribution in [2.24, 2.45) is 17.8 Å². The number of nitrogens with one attached hydrogen (secondary N) is 3. The van der Waals surface area contributed by atoms with Gasteiger partial charge in [-0.3, -0.25) is 4.79 Å². The molecule has 0 aromatic carbocycles. The minimum absolute atomic E-state index is 0.00901. The molecule has 2 saturated heterocycles. The Bertz CT molecular complexity index is 509. The Morgan fingerprint density at radius 2 is 1.86 bits per heavy atom. The highest BCUT2D eigenvalue weighted by molar-refractivity contribution is 5.82. The molecule has 1 amide bonds. The van der Waals surface area contributed by atoms with Gasteiger partial charge in [-0.15, -0.1) is 0 Å². The summed E-state index contributed by atoms with van der Waals surface area (Å²) in [7, 11) is 0. The molecule has 5 nitrogen and oxygen atoms in total. The molecule has 2 aliphatic heterocycles. The number of carbonyl (C=O) groups excluding carboxylic acids is 1. The van der Waals surface area contributed by atoms with Crippen LogP contribution >= 0.6 is 0 Å². The van der Waals surface area contributed by atoms with E-state index in [-0.39, 0.29) is 18.0 Å². The van der Waals surface area contributed by atoms with Gasteiger partial charge in [-0.05, 0) is 88.9 Å². The Hall–Kier alpha value is -0.650. The summed E-state index contributed by atoms with van der Waals surface area (Å²) >= 11 is 0. The van der Waals surface area contributed by atoms with Crippen molar-refractivity contribution in [2.45, 2.75) is 103 Å². The summed E-state index contributed by atoms with van der Waals surface area (Å²) in [6.07, 6.45) is 9.70. The van der Waals surface area contributed by atoms with Crippen LogP contribution in [0.15, 0.2) is 0 Å². The van der Waals surface area contributed by atoms with Gasteiger partial charge in [0.05, 0.1) is 6.04 Å². The van der Waals surface area contributed by atoms with Gasteiger partial charge < -0.3 is 20.9 Å². The number of amides is 1. The van der Waals surface area contributed by atoms with Crippen LogP contribution in [0.1, 0.15) is 79.1 Å². The topological polar surface area (TPSA) is 56.4 Å². The van der Waals surface area contributed by atoms with E-state index < -0.39 is 0 Å². The third kappa shape index (κ3) is 5.95. The lowest BCUT2D eigenvalue weighted by Gasteiger charge is -2.37. The van der Waals surface area contributed by atoms with Crippen molar-refractivity contribution < 1.29 is 4.79 Å². The normalized spacial score (nSPS) is 36.0. The molecule has 7 unspecified atom stereocenters. The van der Waals surface area contributed by atoms with Gasteiger partial charge >= 0.3 is 0 Å². The predicted octanol–water partition coefficient (Wildman–Crippen LogP) is 3.15. The number of carbonyl (C=O) groups is 1. The molecule has 2 heterocycles. The predicted molar refractivity (Wildman–Crippen MR) is 121 cm³/mol. The smallest absolute Gasteiger partial charge is 0.237 e. The van der Waals surface area contributed by atoms with Gasteiger partial charge in [0.2, 0.25) is 5.91 Å². The van der Waals surface area contributed by atoms with Crippen LogP contribution in [-0.4, -0.2) is 61.2 Å². The van der Waals surface area contributed by atoms with E-state index in [4.69, 9.17) is 0 Å². The Morgan fingerprint density at radius 3 is 2.55 bits per heavy atom. The van der Waals surface area contributed by atoms with E-state index in [9.17, 15) is 4.79 Å². The SMILES string of the molecule is CCN(CC)CCCC(NC(=O)C1CC2CCCC(C)C2N1)C1NCCCC1C. The summed E-state index contributed by atoms with van der Waals surface area (Å²) < 4.78 is 0. The molecule has 0 spiro atoms. The van der Waals surface area contributed by atoms with Crippen LogP contribution in [0.2, 0.25) is 0 Å². The first-order valence-corrected chi connectivity index (χ1v) is 12.6. The van der Waals surface area contributed by atoms with Crippen molar-refractivity contribution in [1.29, 1.82) is 0 Å². The van der Waals surface area contributed by atoms with E-state index in [0.29, 0.717) is 29.8 Å². The number of fused-ring (bicyclic) bond motifs is 1. The van der Waals surface area contributed by atoms with E-state index in [2.05, 4.69) is 48.5 Å². The molecule has 3 aliphatic rings. The maximum absolute atomic E-state index is 13.3. The van der Waals surface area contributed by atoms with Crippen LogP contribution in [0.5, 0.6) is 0 Å². The fraction of sp³-hybridized carbons (Fsp3) is 0.958. The first-order valence-electron chi connectivity index (χ1n) is 12.6. The fourth-order valence-electron chi connectivity index (χ4n) is 6.19. The van der Waals surface area contributed by atoms with E-state index >= 15 is 0 Å². The first-order chi connectivity index (χ1) is 14.0. The Kier molecular flexibility index (Phi) is 8.82. The van der Waals surface area contributed by atoms with Crippen molar-refractivity contribution in [1.82, 2.24) is 20.9 Å². The Labute approximate surface area is 179 Å². The number of hydrogen-bond acceptors (Lipinski definition) is 4. The van der Waals surface area contributed by atoms with Crippen molar-refractivity contribution in [3.8, 4) is 0 Å². The van der Waals surface area contributed by atoms with E-state index in [0.717, 1.165) is 45.4 Å². The van der Waals surface area contributed by atoms with Gasteiger partial charge in [0.25, 0.3) is 0 Å². The largest absolute Gasteiger partial charge is 0.350 e. The highest BCUT2D eigenvalue weighted by Crippen LogP contribution is 2.36. The lowest BCUT2D eigenvalue weighted by molar-refractivity contribution is -0.124. The molecule has 0 radical (unpaired) electrons. The highest BCUT2D eigenvalue weighted by Gasteiger charge is 2.42. The molecule has 1 aliphatic carbocycles. The molecule has 1 saturated carbocycles. The molecule has 7 atom stereocenters. The molecule has 3 rings (SSSR count). The molecule has 5 heteroatoms. The van der Waals surface area contributed by atoms with Crippen molar-refractivity contribution >= 4 is 5.91 Å². The summed E-state index contributed by atoms with van der Waals surface area (Å²) in [5.74, 6) is 2.28. The molecular weight excluding hydrogens is 360 g/mol. The minimum atomic E-state index is 0.00901. The quantitative estimate of drug-likeness (QED) is 0.551. The second-order valence-corrected chi connectivity index (χ2v) is 10.0. The van der Waals surface area contributed by atoms with Gasteiger partial charge in [-0.1, -0.05) is 34.1 Å². The second-order valence-electron chi connectivity index (χ2n) is 10.0. The van der Waals surface area contributed by atoms with Crippen molar-refractivity contribution in [2.75, 3.05) is 26.2 Å². The summed E-state index contributed by atoms with van der Waals surface area (Å²) in [6.45, 7) is 13.6. The second kappa shape index (κ2) is 11.1. The summed E-state index contributed by atoms with van der Waals surface area (Å²) in [4.78, 5) is 15.7. The summed E-state index contributed by atoms with van der Waals surface area (Å²) in [5, 5.41) is 11.0. The number of nitrogens with zero attached hydrogens (tertiary/aromatic N) is 1. The summed E-state index contributed by atoms with van der Waals surface area (Å²) in [5.41, 5.74) is 0. The Balaban J connectivity index is 1.58. The summed E-state index contributed by atoms with van der Waals surface area (Å²) in [6, 6.07) is 1.21. The maximum Gasteiger partial charge on any atom is 0.237 e. The van der Waals surface area contributed by atoms with E-state index in [1.165, 1.54) is 32.1 Å². The lowest BCUT2D eigenvalue weighted by Crippen LogP contribution is -2.57. The standard InChI is InChI=1S/C24H46N4O/c1-5-28(6-2)15-9-13-20(23-18(4)11-8-14-25-23)27-24(29)21-16-19-12-7-10-17(3)22(19)26-21/h17-23,25-26H,5-16H2,1-4H3,(H,27,29). The Morgan fingerprint density at radius 1 is 1.10 bits per heavy atom. The van der Waals surface area contributed by atoms with Crippen molar-refractivity contribution in [3.05, 3.63) is 0 Å². The number of rotatable bonds is 9. The average molecular weight is 407 g/mol. The molecule has 168 valence electrons. The minimum Gasteiger partial charge on any atom is -0.350 e. The molecule has 3 fully saturated rings. The fourth-order valence-corrected chi connectivity index (χ4v) is 6.19. The monoisotopic (exact) mass is 406 g/mol. The van der Waals surface area contributed by atoms with Crippen LogP contribution in [0, 0.1) is 17.8 Å². The van der Waals surface area contributed by atoms with Crippen LogP contribution in [0.3, 0.4) is 0 Å². The van der Waals surface area contributed by atoms with Crippen LogP contribution in [-0.2, 0) is 4.79 Å². The maximum atomic E-state index is 13.3. The van der Waals surface area contributed by atoms with Gasteiger partial charge in [-0.2, -0.15) is 0 Å². The molecule has 0 aromatic heterocycles. The third-order valence-electron chi connectivity index (χ3n) is 8.08. The zero-order valence-electron chi connectivity index (χ0n) is 19.4. The van der Waals surface area contributed by atoms with Crippen LogP contribution < -0.4 is 16.0 Å². The molecule has 0 bridgehead atoms. The zero-order valence-corrected chi connectivity index (χ0v) is 19.4. The molecular formula is C24H46N4O. The molecule has 29 heavy (non-hydrogen) atoms. The zero-order chi connectivity index (χ0) is 20.8. The van der Waals surface area contributed by atoms with E-state index in [1.54, 1.807) is 0 Å². The van der Waals surface area contributed by atoms with Gasteiger partial charge in [0.15, 0.2) is 0 Å². The number of hydrogen-bond donors (Lipinski definition) is 3. The highest BCUT2D eigenvalue weighted by atomic mass is 16.2. The van der Waals surface area contributed by atoms with E-state index in [1.807, 2.05) is 0 Å².